The lowest BCUT2D eigenvalue weighted by molar-refractivity contribution is -0.137. The lowest BCUT2D eigenvalue weighted by Gasteiger charge is -2.25. The Hall–Kier alpha value is -2.93. The van der Waals surface area contributed by atoms with E-state index in [0.717, 1.165) is 18.6 Å². The second-order valence-corrected chi connectivity index (χ2v) is 8.21. The van der Waals surface area contributed by atoms with Gasteiger partial charge in [0.05, 0.1) is 11.3 Å². The Kier molecular flexibility index (Phi) is 5.96. The van der Waals surface area contributed by atoms with Crippen molar-refractivity contribution in [2.45, 2.75) is 24.9 Å². The van der Waals surface area contributed by atoms with Gasteiger partial charge >= 0.3 is 6.18 Å². The van der Waals surface area contributed by atoms with Gasteiger partial charge in [0.1, 0.15) is 16.9 Å². The van der Waals surface area contributed by atoms with Gasteiger partial charge in [-0.25, -0.2) is 0 Å². The quantitative estimate of drug-likeness (QED) is 0.432. The molecule has 1 saturated heterocycles. The Morgan fingerprint density at radius 2 is 1.65 bits per heavy atom. The van der Waals surface area contributed by atoms with E-state index >= 15 is 0 Å². The maximum Gasteiger partial charge on any atom is 0.416 e. The number of alkyl halides is 3. The first-order chi connectivity index (χ1) is 14.8. The molecule has 0 spiro atoms. The second-order valence-electron chi connectivity index (χ2n) is 7.14. The van der Waals surface area contributed by atoms with Crippen LogP contribution in [-0.4, -0.2) is 11.7 Å². The van der Waals surface area contributed by atoms with E-state index in [1.807, 2.05) is 24.3 Å². The Labute approximate surface area is 182 Å². The minimum Gasteiger partial charge on any atom is -0.457 e. The molecule has 0 N–H and O–H groups in total. The van der Waals surface area contributed by atoms with Crippen LogP contribution in [0.15, 0.2) is 72.8 Å². The largest absolute Gasteiger partial charge is 0.457 e. The molecule has 1 atom stereocenters. The molecule has 1 aliphatic rings. The molecule has 4 rings (SSSR count). The molecule has 31 heavy (non-hydrogen) atoms. The number of amides is 1. The number of anilines is 1. The molecule has 0 aliphatic carbocycles. The van der Waals surface area contributed by atoms with Crippen LogP contribution in [-0.2, 0) is 17.4 Å². The number of rotatable bonds is 5. The van der Waals surface area contributed by atoms with Crippen molar-refractivity contribution in [3.63, 3.8) is 0 Å². The van der Waals surface area contributed by atoms with Crippen LogP contribution in [0.4, 0.5) is 18.9 Å². The number of carbonyl (C=O) groups is 1. The van der Waals surface area contributed by atoms with Gasteiger partial charge < -0.3 is 4.74 Å². The standard InChI is InChI=1S/C24H20F3NO2S/c1-2-16-6-10-20(11-7-16)30-21-12-8-19(9-13-21)28-22(29)15-31-23(28)17-4-3-5-18(14-17)24(25,26)27/h3-14,23H,2,15H2,1H3. The van der Waals surface area contributed by atoms with Crippen molar-refractivity contribution in [3.8, 4) is 11.5 Å². The van der Waals surface area contributed by atoms with Crippen LogP contribution in [0.5, 0.6) is 11.5 Å². The molecule has 1 unspecified atom stereocenters. The molecule has 0 aromatic heterocycles. The summed E-state index contributed by atoms with van der Waals surface area (Å²) in [6.45, 7) is 2.08. The van der Waals surface area contributed by atoms with E-state index in [0.29, 0.717) is 22.7 Å². The third-order valence-corrected chi connectivity index (χ3v) is 6.26. The van der Waals surface area contributed by atoms with E-state index in [2.05, 4.69) is 6.92 Å². The highest BCUT2D eigenvalue weighted by atomic mass is 32.2. The average Bonchev–Trinajstić information content (AvgIpc) is 3.16. The van der Waals surface area contributed by atoms with Crippen LogP contribution in [0.2, 0.25) is 0 Å². The third kappa shape index (κ3) is 4.71. The molecular weight excluding hydrogens is 423 g/mol. The number of thioether (sulfide) groups is 1. The highest BCUT2D eigenvalue weighted by molar-refractivity contribution is 8.00. The molecule has 3 nitrogen and oxygen atoms in total. The summed E-state index contributed by atoms with van der Waals surface area (Å²) in [6.07, 6.45) is -3.48. The molecule has 1 heterocycles. The Morgan fingerprint density at radius 1 is 1.00 bits per heavy atom. The summed E-state index contributed by atoms with van der Waals surface area (Å²) < 4.78 is 45.2. The first-order valence-electron chi connectivity index (χ1n) is 9.83. The summed E-state index contributed by atoms with van der Waals surface area (Å²) in [6, 6.07) is 20.0. The number of carbonyl (C=O) groups excluding carboxylic acids is 1. The zero-order chi connectivity index (χ0) is 22.0. The Morgan fingerprint density at radius 3 is 2.26 bits per heavy atom. The van der Waals surface area contributed by atoms with Crippen LogP contribution in [0, 0.1) is 0 Å². The van der Waals surface area contributed by atoms with E-state index in [1.165, 1.54) is 23.4 Å². The molecule has 160 valence electrons. The molecule has 1 amide bonds. The van der Waals surface area contributed by atoms with E-state index < -0.39 is 17.1 Å². The van der Waals surface area contributed by atoms with Crippen molar-refractivity contribution in [2.24, 2.45) is 0 Å². The smallest absolute Gasteiger partial charge is 0.416 e. The highest BCUT2D eigenvalue weighted by Gasteiger charge is 2.36. The number of ether oxygens (including phenoxy) is 1. The van der Waals surface area contributed by atoms with Gasteiger partial charge in [-0.3, -0.25) is 9.69 Å². The molecule has 1 aliphatic heterocycles. The second kappa shape index (κ2) is 8.67. The molecule has 0 bridgehead atoms. The van der Waals surface area contributed by atoms with Gasteiger partial charge in [-0.05, 0) is 66.1 Å². The molecule has 0 saturated carbocycles. The molecule has 3 aromatic rings. The van der Waals surface area contributed by atoms with Crippen molar-refractivity contribution in [3.05, 3.63) is 89.5 Å². The maximum atomic E-state index is 13.1. The predicted octanol–water partition coefficient (Wildman–Crippen LogP) is 6.84. The van der Waals surface area contributed by atoms with Crippen LogP contribution >= 0.6 is 11.8 Å². The SMILES string of the molecule is CCc1ccc(Oc2ccc(N3C(=O)CSC3c3cccc(C(F)(F)F)c3)cc2)cc1. The van der Waals surface area contributed by atoms with Crippen LogP contribution in [0.25, 0.3) is 0 Å². The van der Waals surface area contributed by atoms with E-state index in [9.17, 15) is 18.0 Å². The fraction of sp³-hybridized carbons (Fsp3) is 0.208. The molecule has 3 aromatic carbocycles. The number of halogens is 3. The fourth-order valence-corrected chi connectivity index (χ4v) is 4.59. The molecule has 1 fully saturated rings. The highest BCUT2D eigenvalue weighted by Crippen LogP contribution is 2.43. The fourth-order valence-electron chi connectivity index (χ4n) is 3.42. The first-order valence-corrected chi connectivity index (χ1v) is 10.9. The average molecular weight is 443 g/mol. The summed E-state index contributed by atoms with van der Waals surface area (Å²) in [7, 11) is 0. The third-order valence-electron chi connectivity index (χ3n) is 5.05. The first kappa shape index (κ1) is 21.3. The molecule has 0 radical (unpaired) electrons. The van der Waals surface area contributed by atoms with Crippen molar-refractivity contribution in [2.75, 3.05) is 10.7 Å². The molecule has 7 heteroatoms. The normalized spacial score (nSPS) is 16.6. The lowest BCUT2D eigenvalue weighted by atomic mass is 10.1. The summed E-state index contributed by atoms with van der Waals surface area (Å²) >= 11 is 1.31. The summed E-state index contributed by atoms with van der Waals surface area (Å²) in [4.78, 5) is 14.1. The van der Waals surface area contributed by atoms with Gasteiger partial charge in [-0.2, -0.15) is 13.2 Å². The van der Waals surface area contributed by atoms with Crippen LogP contribution in [0.3, 0.4) is 0 Å². The van der Waals surface area contributed by atoms with E-state index in [4.69, 9.17) is 4.74 Å². The van der Waals surface area contributed by atoms with Crippen molar-refractivity contribution in [1.82, 2.24) is 0 Å². The molecular formula is C24H20F3NO2S. The van der Waals surface area contributed by atoms with Crippen LogP contribution in [0.1, 0.15) is 29.0 Å². The maximum absolute atomic E-state index is 13.1. The minimum absolute atomic E-state index is 0.142. The van der Waals surface area contributed by atoms with Gasteiger partial charge in [-0.1, -0.05) is 31.2 Å². The van der Waals surface area contributed by atoms with Crippen LogP contribution < -0.4 is 9.64 Å². The van der Waals surface area contributed by atoms with Gasteiger partial charge in [0.25, 0.3) is 0 Å². The van der Waals surface area contributed by atoms with E-state index in [-0.39, 0.29) is 11.7 Å². The van der Waals surface area contributed by atoms with Crippen molar-refractivity contribution in [1.29, 1.82) is 0 Å². The van der Waals surface area contributed by atoms with Crippen molar-refractivity contribution < 1.29 is 22.7 Å². The Balaban J connectivity index is 1.55. The predicted molar refractivity (Wildman–Crippen MR) is 116 cm³/mol. The van der Waals surface area contributed by atoms with E-state index in [1.54, 1.807) is 35.2 Å². The van der Waals surface area contributed by atoms with Gasteiger partial charge in [0, 0.05) is 5.69 Å². The minimum atomic E-state index is -4.43. The summed E-state index contributed by atoms with van der Waals surface area (Å²) in [5, 5.41) is -0.511. The number of nitrogens with zero attached hydrogens (tertiary/aromatic N) is 1. The van der Waals surface area contributed by atoms with Crippen molar-refractivity contribution >= 4 is 23.4 Å². The number of benzene rings is 3. The number of aryl methyl sites for hydroxylation is 1. The monoisotopic (exact) mass is 443 g/mol. The summed E-state index contributed by atoms with van der Waals surface area (Å²) in [5.74, 6) is 1.39. The number of hydrogen-bond donors (Lipinski definition) is 0. The number of hydrogen-bond acceptors (Lipinski definition) is 3. The summed E-state index contributed by atoms with van der Waals surface area (Å²) in [5.41, 5.74) is 1.56. The van der Waals surface area contributed by atoms with Gasteiger partial charge in [0.15, 0.2) is 0 Å². The topological polar surface area (TPSA) is 29.5 Å². The lowest BCUT2D eigenvalue weighted by Crippen LogP contribution is -2.27. The zero-order valence-electron chi connectivity index (χ0n) is 16.7. The van der Waals surface area contributed by atoms with Gasteiger partial charge in [0.2, 0.25) is 5.91 Å². The zero-order valence-corrected chi connectivity index (χ0v) is 17.5. The van der Waals surface area contributed by atoms with Gasteiger partial charge in [-0.15, -0.1) is 11.8 Å². The Bertz CT molecular complexity index is 1070.